The lowest BCUT2D eigenvalue weighted by Gasteiger charge is -2.16. The average molecular weight is 511 g/mol. The molecule has 0 fully saturated rings. The van der Waals surface area contributed by atoms with E-state index in [0.717, 1.165) is 0 Å². The Kier molecular flexibility index (Phi) is 7.60. The van der Waals surface area contributed by atoms with Gasteiger partial charge in [-0.05, 0) is 67.8 Å². The Morgan fingerprint density at radius 3 is 1.12 bits per heavy atom. The van der Waals surface area contributed by atoms with E-state index in [4.69, 9.17) is 0 Å². The van der Waals surface area contributed by atoms with Crippen molar-refractivity contribution in [3.8, 4) is 11.1 Å². The summed E-state index contributed by atoms with van der Waals surface area (Å²) in [5.41, 5.74) is 11.9. The van der Waals surface area contributed by atoms with Crippen LogP contribution in [0.3, 0.4) is 0 Å². The molecule has 0 amide bonds. The van der Waals surface area contributed by atoms with Crippen LogP contribution in [0.1, 0.15) is 33.4 Å². The second-order valence-electron chi connectivity index (χ2n) is 9.75. The third-order valence-corrected chi connectivity index (χ3v) is 7.15. The Balaban J connectivity index is 1.64. The van der Waals surface area contributed by atoms with Gasteiger partial charge in [0.05, 0.1) is 0 Å². The van der Waals surface area contributed by atoms with Crippen molar-refractivity contribution in [2.45, 2.75) is 0 Å². The van der Waals surface area contributed by atoms with Gasteiger partial charge in [-0.25, -0.2) is 0 Å². The molecule has 0 aromatic heterocycles. The molecule has 6 rings (SSSR count). The highest BCUT2D eigenvalue weighted by Crippen LogP contribution is 2.35. The van der Waals surface area contributed by atoms with Crippen LogP contribution >= 0.6 is 0 Å². The lowest BCUT2D eigenvalue weighted by molar-refractivity contribution is 1.52. The van der Waals surface area contributed by atoms with Gasteiger partial charge in [-0.15, -0.1) is 0 Å². The van der Waals surface area contributed by atoms with E-state index in [-0.39, 0.29) is 0 Å². The molecule has 190 valence electrons. The summed E-state index contributed by atoms with van der Waals surface area (Å²) in [6.45, 7) is 0. The molecule has 0 saturated carbocycles. The summed E-state index contributed by atoms with van der Waals surface area (Å²) in [4.78, 5) is 0. The number of hydrogen-bond acceptors (Lipinski definition) is 0. The van der Waals surface area contributed by atoms with Gasteiger partial charge in [0.25, 0.3) is 0 Å². The van der Waals surface area contributed by atoms with Gasteiger partial charge in [-0.3, -0.25) is 0 Å². The molecule has 6 aromatic rings. The summed E-state index contributed by atoms with van der Waals surface area (Å²) >= 11 is 0. The van der Waals surface area contributed by atoms with E-state index < -0.39 is 0 Å². The van der Waals surface area contributed by atoms with Gasteiger partial charge in [0, 0.05) is 0 Å². The van der Waals surface area contributed by atoms with Crippen molar-refractivity contribution in [3.05, 3.63) is 203 Å². The van der Waals surface area contributed by atoms with Gasteiger partial charge in [0.2, 0.25) is 0 Å². The molecule has 0 bridgehead atoms. The maximum Gasteiger partial charge on any atom is -0.00988 e. The third-order valence-electron chi connectivity index (χ3n) is 7.15. The van der Waals surface area contributed by atoms with Crippen molar-refractivity contribution in [3.63, 3.8) is 0 Å². The van der Waals surface area contributed by atoms with E-state index in [0.29, 0.717) is 0 Å². The van der Waals surface area contributed by atoms with E-state index in [1.165, 1.54) is 55.7 Å². The summed E-state index contributed by atoms with van der Waals surface area (Å²) in [6.07, 6.45) is 4.71. The second kappa shape index (κ2) is 12.1. The largest absolute Gasteiger partial charge is 0.0622 e. The minimum absolute atomic E-state index is 1.17. The lowest BCUT2D eigenvalue weighted by Crippen LogP contribution is -1.94. The molecule has 0 saturated heterocycles. The highest BCUT2D eigenvalue weighted by molar-refractivity contribution is 5.99. The molecule has 0 radical (unpaired) electrons. The predicted octanol–water partition coefficient (Wildman–Crippen LogP) is 10.5. The van der Waals surface area contributed by atoms with Crippen molar-refractivity contribution in [2.75, 3.05) is 0 Å². The summed E-state index contributed by atoms with van der Waals surface area (Å²) < 4.78 is 0. The number of benzene rings is 6. The molecule has 0 atom stereocenters. The Bertz CT molecular complexity index is 1650. The SMILES string of the molecule is C(=C(c1ccccc1)c1ccccc1)c1cccc(-c2ccccc2)c1C=C(c1ccccc1)c1ccccc1. The summed E-state index contributed by atoms with van der Waals surface area (Å²) in [5.74, 6) is 0. The van der Waals surface area contributed by atoms with Gasteiger partial charge in [-0.2, -0.15) is 0 Å². The van der Waals surface area contributed by atoms with Crippen LogP contribution < -0.4 is 0 Å². The van der Waals surface area contributed by atoms with E-state index >= 15 is 0 Å². The van der Waals surface area contributed by atoms with Gasteiger partial charge in [0.15, 0.2) is 0 Å². The van der Waals surface area contributed by atoms with E-state index in [1.54, 1.807) is 0 Å². The highest BCUT2D eigenvalue weighted by atomic mass is 14.2. The van der Waals surface area contributed by atoms with Crippen molar-refractivity contribution in [1.82, 2.24) is 0 Å². The molecule has 0 aliphatic carbocycles. The lowest BCUT2D eigenvalue weighted by atomic mass is 9.88. The first kappa shape index (κ1) is 25.1. The predicted molar refractivity (Wildman–Crippen MR) is 172 cm³/mol. The van der Waals surface area contributed by atoms with Crippen LogP contribution in [0.2, 0.25) is 0 Å². The normalized spacial score (nSPS) is 10.5. The fourth-order valence-electron chi connectivity index (χ4n) is 5.18. The smallest absolute Gasteiger partial charge is 0.00988 e. The van der Waals surface area contributed by atoms with Crippen LogP contribution in [-0.2, 0) is 0 Å². The van der Waals surface area contributed by atoms with Crippen LogP contribution in [0, 0.1) is 0 Å². The minimum atomic E-state index is 1.17. The molecular formula is C40H30. The van der Waals surface area contributed by atoms with E-state index in [2.05, 4.69) is 182 Å². The molecule has 0 heterocycles. The Labute approximate surface area is 237 Å². The first-order valence-corrected chi connectivity index (χ1v) is 13.7. The van der Waals surface area contributed by atoms with Crippen LogP contribution in [0.4, 0.5) is 0 Å². The fourth-order valence-corrected chi connectivity index (χ4v) is 5.18. The van der Waals surface area contributed by atoms with Gasteiger partial charge >= 0.3 is 0 Å². The van der Waals surface area contributed by atoms with Crippen molar-refractivity contribution in [1.29, 1.82) is 0 Å². The van der Waals surface area contributed by atoms with Gasteiger partial charge in [0.1, 0.15) is 0 Å². The quantitative estimate of drug-likeness (QED) is 0.187. The zero-order chi connectivity index (χ0) is 27.0. The summed E-state index contributed by atoms with van der Waals surface area (Å²) in [6, 6.07) is 60.0. The molecule has 0 heteroatoms. The van der Waals surface area contributed by atoms with E-state index in [1.807, 2.05) is 0 Å². The first-order chi connectivity index (χ1) is 19.9. The third kappa shape index (κ3) is 5.62. The molecule has 0 unspecified atom stereocenters. The molecule has 6 aromatic carbocycles. The summed E-state index contributed by atoms with van der Waals surface area (Å²) in [7, 11) is 0. The van der Waals surface area contributed by atoms with Crippen LogP contribution in [-0.4, -0.2) is 0 Å². The minimum Gasteiger partial charge on any atom is -0.0622 e. The molecule has 0 nitrogen and oxygen atoms in total. The Morgan fingerprint density at radius 2 is 0.700 bits per heavy atom. The maximum absolute atomic E-state index is 2.37. The molecule has 0 spiro atoms. The number of rotatable bonds is 7. The second-order valence-corrected chi connectivity index (χ2v) is 9.75. The maximum atomic E-state index is 2.37. The van der Waals surface area contributed by atoms with Crippen molar-refractivity contribution >= 4 is 23.3 Å². The van der Waals surface area contributed by atoms with Gasteiger partial charge in [-0.1, -0.05) is 170 Å². The molecule has 0 aliphatic rings. The standard InChI is InChI=1S/C40H30/c1-6-17-31(18-7-1)37-28-16-27-36(29-38(32-19-8-2-9-20-32)33-21-10-3-11-22-33)40(37)30-39(34-23-12-4-13-24-34)35-25-14-5-15-26-35/h1-30H. The highest BCUT2D eigenvalue weighted by Gasteiger charge is 2.13. The van der Waals surface area contributed by atoms with Gasteiger partial charge < -0.3 is 0 Å². The number of hydrogen-bond donors (Lipinski definition) is 0. The Morgan fingerprint density at radius 1 is 0.325 bits per heavy atom. The molecule has 0 N–H and O–H groups in total. The fraction of sp³-hybridized carbons (Fsp3) is 0. The van der Waals surface area contributed by atoms with Crippen molar-refractivity contribution in [2.24, 2.45) is 0 Å². The zero-order valence-electron chi connectivity index (χ0n) is 22.3. The Hall–Kier alpha value is -5.20. The van der Waals surface area contributed by atoms with E-state index in [9.17, 15) is 0 Å². The summed E-state index contributed by atoms with van der Waals surface area (Å²) in [5, 5.41) is 0. The molecule has 0 aliphatic heterocycles. The van der Waals surface area contributed by atoms with Crippen LogP contribution in [0.15, 0.2) is 170 Å². The molecule has 40 heavy (non-hydrogen) atoms. The van der Waals surface area contributed by atoms with Crippen LogP contribution in [0.25, 0.3) is 34.4 Å². The average Bonchev–Trinajstić information content (AvgIpc) is 3.05. The van der Waals surface area contributed by atoms with Crippen LogP contribution in [0.5, 0.6) is 0 Å². The molecular weight excluding hydrogens is 480 g/mol. The van der Waals surface area contributed by atoms with Crippen molar-refractivity contribution < 1.29 is 0 Å². The topological polar surface area (TPSA) is 0 Å². The zero-order valence-corrected chi connectivity index (χ0v) is 22.3. The monoisotopic (exact) mass is 510 g/mol. The first-order valence-electron chi connectivity index (χ1n) is 13.7.